The first-order valence-electron chi connectivity index (χ1n) is 17.5. The summed E-state index contributed by atoms with van der Waals surface area (Å²) in [6, 6.07) is 12.6. The van der Waals surface area contributed by atoms with Crippen LogP contribution in [0.15, 0.2) is 41.2 Å². The Bertz CT molecular complexity index is 1530. The van der Waals surface area contributed by atoms with Gasteiger partial charge in [-0.2, -0.15) is 4.98 Å². The summed E-state index contributed by atoms with van der Waals surface area (Å²) < 4.78 is 7.94. The van der Waals surface area contributed by atoms with Crippen molar-refractivity contribution in [3.8, 4) is 5.69 Å². The monoisotopic (exact) mass is 614 g/mol. The van der Waals surface area contributed by atoms with Crippen molar-refractivity contribution in [1.29, 1.82) is 0 Å². The molecule has 2 aromatic carbocycles. The maximum absolute atomic E-state index is 13.3. The first-order valence-corrected chi connectivity index (χ1v) is 17.5. The van der Waals surface area contributed by atoms with Gasteiger partial charge in [-0.1, -0.05) is 64.2 Å². The van der Waals surface area contributed by atoms with E-state index in [-0.39, 0.29) is 17.6 Å². The van der Waals surface area contributed by atoms with Gasteiger partial charge in [0.15, 0.2) is 0 Å². The van der Waals surface area contributed by atoms with Gasteiger partial charge in [-0.15, -0.1) is 0 Å². The molecule has 1 saturated carbocycles. The molecule has 1 aliphatic carbocycles. The average Bonchev–Trinajstić information content (AvgIpc) is 3.52. The molecule has 2 N–H and O–H groups in total. The van der Waals surface area contributed by atoms with Crippen LogP contribution in [0.5, 0.6) is 0 Å². The van der Waals surface area contributed by atoms with Gasteiger partial charge >= 0.3 is 6.09 Å². The molecule has 7 nitrogen and oxygen atoms in total. The third-order valence-electron chi connectivity index (χ3n) is 9.93. The van der Waals surface area contributed by atoms with Gasteiger partial charge in [-0.3, -0.25) is 9.36 Å². The van der Waals surface area contributed by atoms with E-state index in [1.807, 2.05) is 37.8 Å². The number of aromatic nitrogens is 2. The third-order valence-corrected chi connectivity index (χ3v) is 9.93. The van der Waals surface area contributed by atoms with Crippen LogP contribution in [0.3, 0.4) is 0 Å². The van der Waals surface area contributed by atoms with Crippen LogP contribution >= 0.6 is 0 Å². The number of carbonyl (C=O) groups excluding carboxylic acids is 1. The van der Waals surface area contributed by atoms with E-state index in [0.717, 1.165) is 74.4 Å². The predicted octanol–water partition coefficient (Wildman–Crippen LogP) is 8.89. The molecule has 7 heteroatoms. The number of ether oxygens (including phenoxy) is 1. The van der Waals surface area contributed by atoms with Crippen LogP contribution in [0, 0.1) is 5.92 Å². The van der Waals surface area contributed by atoms with E-state index in [0.29, 0.717) is 23.5 Å². The molecule has 0 spiro atoms. The van der Waals surface area contributed by atoms with Crippen molar-refractivity contribution in [3.05, 3.63) is 63.7 Å². The summed E-state index contributed by atoms with van der Waals surface area (Å²) in [4.78, 5) is 32.8. The second-order valence-electron chi connectivity index (χ2n) is 14.4. The molecule has 1 fully saturated rings. The van der Waals surface area contributed by atoms with Gasteiger partial charge in [0, 0.05) is 24.7 Å². The lowest BCUT2D eigenvalue weighted by Gasteiger charge is -2.31. The summed E-state index contributed by atoms with van der Waals surface area (Å²) in [5.74, 6) is 2.28. The molecule has 0 bridgehead atoms. The number of carbonyl (C=O) groups is 1. The number of anilines is 1. The summed E-state index contributed by atoms with van der Waals surface area (Å²) in [7, 11) is 0. The second kappa shape index (κ2) is 14.4. The second-order valence-corrected chi connectivity index (χ2v) is 14.4. The lowest BCUT2D eigenvalue weighted by Crippen LogP contribution is -2.38. The van der Waals surface area contributed by atoms with Crippen LogP contribution in [0.25, 0.3) is 16.6 Å². The van der Waals surface area contributed by atoms with Crippen LogP contribution in [-0.4, -0.2) is 39.2 Å². The van der Waals surface area contributed by atoms with Crippen molar-refractivity contribution in [3.63, 3.8) is 0 Å². The largest absolute Gasteiger partial charge is 0.444 e. The Morgan fingerprint density at radius 2 is 1.84 bits per heavy atom. The van der Waals surface area contributed by atoms with E-state index in [2.05, 4.69) is 36.6 Å². The lowest BCUT2D eigenvalue weighted by molar-refractivity contribution is 0.0243. The highest BCUT2D eigenvalue weighted by Crippen LogP contribution is 2.40. The fourth-order valence-corrected chi connectivity index (χ4v) is 7.51. The minimum atomic E-state index is -0.496. The maximum atomic E-state index is 13.3. The Morgan fingerprint density at radius 3 is 2.56 bits per heavy atom. The summed E-state index contributed by atoms with van der Waals surface area (Å²) in [6.07, 6.45) is 13.3. The quantitative estimate of drug-likeness (QED) is 0.206. The van der Waals surface area contributed by atoms with Gasteiger partial charge in [0.2, 0.25) is 0 Å². The Kier molecular flexibility index (Phi) is 10.6. The molecule has 2 atom stereocenters. The number of amides is 1. The fourth-order valence-electron chi connectivity index (χ4n) is 7.51. The molecule has 244 valence electrons. The predicted molar refractivity (Wildman–Crippen MR) is 184 cm³/mol. The Labute approximate surface area is 269 Å². The number of nitrogens with two attached hydrogens (primary N) is 1. The molecule has 1 amide bonds. The van der Waals surface area contributed by atoms with Crippen molar-refractivity contribution in [2.24, 2.45) is 5.92 Å². The van der Waals surface area contributed by atoms with E-state index in [9.17, 15) is 9.59 Å². The van der Waals surface area contributed by atoms with Crippen LogP contribution in [-0.2, 0) is 11.2 Å². The molecule has 45 heavy (non-hydrogen) atoms. The van der Waals surface area contributed by atoms with Crippen molar-refractivity contribution in [1.82, 2.24) is 14.5 Å². The first kappa shape index (κ1) is 33.0. The number of nitrogens with zero attached hydrogens (tertiary/aromatic N) is 3. The van der Waals surface area contributed by atoms with Crippen molar-refractivity contribution in [2.75, 3.05) is 18.8 Å². The topological polar surface area (TPSA) is 90.5 Å². The number of fused-ring (bicyclic) bond motifs is 5. The van der Waals surface area contributed by atoms with E-state index >= 15 is 0 Å². The number of unbranched alkanes of at least 4 members (excludes halogenated alkanes) is 1. The standard InChI is InChI=1S/C38H54N4O3/c1-6-8-22-41(37(44)45-38(3,4)5)23-12-15-27(7-2)28-20-21-32-30(24-28)25-29(19-18-26-13-9-10-14-26)35-40-36(43)34-31(39)16-11-17-33(34)42(32)35/h11,16-17,20-21,24,26-27,29H,6-10,12-15,18-19,22-23,25,39H2,1-5H3. The molecule has 0 saturated heterocycles. The van der Waals surface area contributed by atoms with E-state index in [4.69, 9.17) is 15.5 Å². The molecular formula is C38H54N4O3. The van der Waals surface area contributed by atoms with Crippen molar-refractivity contribution >= 4 is 22.7 Å². The van der Waals surface area contributed by atoms with Crippen LogP contribution < -0.4 is 11.3 Å². The smallest absolute Gasteiger partial charge is 0.410 e. The van der Waals surface area contributed by atoms with Crippen LogP contribution in [0.2, 0.25) is 0 Å². The number of benzene rings is 2. The molecule has 2 aliphatic rings. The number of nitrogen functional groups attached to an aromatic ring is 1. The summed E-state index contributed by atoms with van der Waals surface area (Å²) in [5.41, 5.74) is 10.7. The van der Waals surface area contributed by atoms with Crippen LogP contribution in [0.1, 0.15) is 134 Å². The highest BCUT2D eigenvalue weighted by Gasteiger charge is 2.30. The molecule has 1 aromatic heterocycles. The fraction of sp³-hybridized carbons (Fsp3) is 0.605. The highest BCUT2D eigenvalue weighted by atomic mass is 16.6. The van der Waals surface area contributed by atoms with Crippen LogP contribution in [0.4, 0.5) is 10.5 Å². The zero-order valence-electron chi connectivity index (χ0n) is 28.2. The Morgan fingerprint density at radius 1 is 1.09 bits per heavy atom. The third kappa shape index (κ3) is 7.73. The minimum Gasteiger partial charge on any atom is -0.444 e. The Balaban J connectivity index is 1.40. The first-order chi connectivity index (χ1) is 21.6. The van der Waals surface area contributed by atoms with Gasteiger partial charge in [0.25, 0.3) is 5.56 Å². The SMILES string of the molecule is CCCCN(CCCC(CC)c1ccc2c(c1)CC(CCC1CCCC1)c1nc(=O)c3c(N)cccc3n1-2)C(=O)OC(C)(C)C. The van der Waals surface area contributed by atoms with Crippen molar-refractivity contribution < 1.29 is 9.53 Å². The maximum Gasteiger partial charge on any atom is 0.410 e. The van der Waals surface area contributed by atoms with Gasteiger partial charge in [-0.05, 0) is 107 Å². The van der Waals surface area contributed by atoms with E-state index in [1.165, 1.54) is 43.2 Å². The molecule has 5 rings (SSSR count). The number of hydrogen-bond donors (Lipinski definition) is 1. The highest BCUT2D eigenvalue weighted by molar-refractivity contribution is 5.91. The molecule has 3 aromatic rings. The summed E-state index contributed by atoms with van der Waals surface area (Å²) in [5, 5.41) is 0.511. The molecule has 1 aliphatic heterocycles. The zero-order chi connectivity index (χ0) is 32.1. The van der Waals surface area contributed by atoms with Gasteiger partial charge in [0.1, 0.15) is 11.4 Å². The van der Waals surface area contributed by atoms with E-state index < -0.39 is 5.60 Å². The molecule has 2 unspecified atom stereocenters. The summed E-state index contributed by atoms with van der Waals surface area (Å²) >= 11 is 0. The van der Waals surface area contributed by atoms with Gasteiger partial charge in [-0.25, -0.2) is 4.79 Å². The molecule has 2 heterocycles. The normalized spacial score (nSPS) is 17.2. The van der Waals surface area contributed by atoms with Gasteiger partial charge in [0.05, 0.1) is 16.6 Å². The van der Waals surface area contributed by atoms with Crippen molar-refractivity contribution in [2.45, 2.75) is 129 Å². The number of hydrogen-bond acceptors (Lipinski definition) is 5. The zero-order valence-corrected chi connectivity index (χ0v) is 28.2. The van der Waals surface area contributed by atoms with E-state index in [1.54, 1.807) is 6.07 Å². The lowest BCUT2D eigenvalue weighted by atomic mass is 9.83. The number of rotatable bonds is 12. The van der Waals surface area contributed by atoms with Gasteiger partial charge < -0.3 is 15.4 Å². The Hall–Kier alpha value is -3.35. The minimum absolute atomic E-state index is 0.202. The molecule has 0 radical (unpaired) electrons. The molecular weight excluding hydrogens is 560 g/mol. The average molecular weight is 615 g/mol. The summed E-state index contributed by atoms with van der Waals surface area (Å²) in [6.45, 7) is 11.6.